The summed E-state index contributed by atoms with van der Waals surface area (Å²) in [7, 11) is 0. The summed E-state index contributed by atoms with van der Waals surface area (Å²) in [5, 5.41) is 0.198. The minimum Gasteiger partial charge on any atom is -0.118 e. The maximum Gasteiger partial charge on any atom is 0.0613 e. The second-order valence-electron chi connectivity index (χ2n) is 4.69. The molecule has 1 saturated carbocycles. The van der Waals surface area contributed by atoms with Crippen molar-refractivity contribution in [2.45, 2.75) is 38.5 Å². The van der Waals surface area contributed by atoms with Crippen LogP contribution in [0.1, 0.15) is 43.2 Å². The largest absolute Gasteiger partial charge is 0.118 e. The Labute approximate surface area is 97.6 Å². The Balaban J connectivity index is 2.07. The van der Waals surface area contributed by atoms with Gasteiger partial charge in [0.2, 0.25) is 0 Å². The second kappa shape index (κ2) is 4.57. The molecule has 1 aliphatic rings. The van der Waals surface area contributed by atoms with Gasteiger partial charge in [0.15, 0.2) is 0 Å². The van der Waals surface area contributed by atoms with Gasteiger partial charge in [0, 0.05) is 0 Å². The van der Waals surface area contributed by atoms with Gasteiger partial charge in [0.05, 0.1) is 5.38 Å². The molecule has 0 spiro atoms. The zero-order valence-electron chi connectivity index (χ0n) is 9.54. The topological polar surface area (TPSA) is 0 Å². The van der Waals surface area contributed by atoms with Crippen molar-refractivity contribution in [3.63, 3.8) is 0 Å². The molecule has 0 aromatic heterocycles. The highest BCUT2D eigenvalue weighted by atomic mass is 35.5. The molecule has 1 heteroatoms. The first-order valence-corrected chi connectivity index (χ1v) is 6.39. The van der Waals surface area contributed by atoms with Gasteiger partial charge in [0.25, 0.3) is 0 Å². The summed E-state index contributed by atoms with van der Waals surface area (Å²) in [5.74, 6) is 1.50. The lowest BCUT2D eigenvalue weighted by Crippen LogP contribution is -2.06. The van der Waals surface area contributed by atoms with Crippen LogP contribution in [0.3, 0.4) is 0 Å². The molecule has 1 aromatic rings. The van der Waals surface area contributed by atoms with E-state index < -0.39 is 0 Å². The molecule has 15 heavy (non-hydrogen) atoms. The van der Waals surface area contributed by atoms with Crippen LogP contribution in [0.25, 0.3) is 0 Å². The van der Waals surface area contributed by atoms with Crippen LogP contribution in [0.5, 0.6) is 0 Å². The summed E-state index contributed by atoms with van der Waals surface area (Å²) in [6, 6.07) is 8.78. The fraction of sp³-hybridized carbons (Fsp3) is 0.571. The van der Waals surface area contributed by atoms with Gasteiger partial charge >= 0.3 is 0 Å². The standard InChI is InChI=1S/C14H19Cl/c1-3-11-4-6-13(7-5-11)14(15)10(2)12-8-9-12/h4-7,10,12,14H,3,8-9H2,1-2H3. The lowest BCUT2D eigenvalue weighted by Gasteiger charge is -2.17. The normalized spacial score (nSPS) is 19.9. The molecule has 0 N–H and O–H groups in total. The van der Waals surface area contributed by atoms with E-state index in [0.29, 0.717) is 5.92 Å². The lowest BCUT2D eigenvalue weighted by atomic mass is 9.95. The van der Waals surface area contributed by atoms with Crippen molar-refractivity contribution in [3.8, 4) is 0 Å². The smallest absolute Gasteiger partial charge is 0.0613 e. The molecule has 0 bridgehead atoms. The summed E-state index contributed by atoms with van der Waals surface area (Å²) in [6.45, 7) is 4.46. The molecule has 0 radical (unpaired) electrons. The van der Waals surface area contributed by atoms with Gasteiger partial charge in [0.1, 0.15) is 0 Å². The quantitative estimate of drug-likeness (QED) is 0.655. The summed E-state index contributed by atoms with van der Waals surface area (Å²) >= 11 is 6.49. The van der Waals surface area contributed by atoms with Crippen molar-refractivity contribution in [1.29, 1.82) is 0 Å². The minimum absolute atomic E-state index is 0.198. The molecule has 1 fully saturated rings. The Morgan fingerprint density at radius 1 is 1.27 bits per heavy atom. The molecule has 1 aromatic carbocycles. The van der Waals surface area contributed by atoms with Crippen LogP contribution in [0.15, 0.2) is 24.3 Å². The van der Waals surface area contributed by atoms with Crippen molar-refractivity contribution >= 4 is 11.6 Å². The van der Waals surface area contributed by atoms with Gasteiger partial charge in [-0.15, -0.1) is 11.6 Å². The van der Waals surface area contributed by atoms with Gasteiger partial charge in [-0.1, -0.05) is 38.1 Å². The highest BCUT2D eigenvalue weighted by Crippen LogP contribution is 2.45. The van der Waals surface area contributed by atoms with Crippen LogP contribution in [0, 0.1) is 11.8 Å². The first kappa shape index (κ1) is 11.0. The fourth-order valence-corrected chi connectivity index (χ4v) is 2.45. The van der Waals surface area contributed by atoms with Crippen LogP contribution >= 0.6 is 11.6 Å². The van der Waals surface area contributed by atoms with E-state index >= 15 is 0 Å². The molecular formula is C14H19Cl. The van der Waals surface area contributed by atoms with Crippen molar-refractivity contribution in [2.24, 2.45) is 11.8 Å². The SMILES string of the molecule is CCc1ccc(C(Cl)C(C)C2CC2)cc1. The first-order valence-electron chi connectivity index (χ1n) is 5.95. The van der Waals surface area contributed by atoms with Crippen molar-refractivity contribution < 1.29 is 0 Å². The van der Waals surface area contributed by atoms with Gasteiger partial charge < -0.3 is 0 Å². The Hall–Kier alpha value is -0.490. The van der Waals surface area contributed by atoms with Crippen LogP contribution < -0.4 is 0 Å². The van der Waals surface area contributed by atoms with Crippen LogP contribution in [-0.2, 0) is 6.42 Å². The monoisotopic (exact) mass is 222 g/mol. The Bertz CT molecular complexity index is 311. The van der Waals surface area contributed by atoms with Crippen LogP contribution in [0.4, 0.5) is 0 Å². The van der Waals surface area contributed by atoms with Crippen LogP contribution in [0.2, 0.25) is 0 Å². The van der Waals surface area contributed by atoms with E-state index in [0.717, 1.165) is 12.3 Å². The van der Waals surface area contributed by atoms with Gasteiger partial charge in [-0.05, 0) is 42.2 Å². The van der Waals surface area contributed by atoms with Gasteiger partial charge in [-0.2, -0.15) is 0 Å². The number of alkyl halides is 1. The number of hydrogen-bond acceptors (Lipinski definition) is 0. The van der Waals surface area contributed by atoms with Crippen molar-refractivity contribution in [3.05, 3.63) is 35.4 Å². The van der Waals surface area contributed by atoms with E-state index in [1.54, 1.807) is 0 Å². The number of rotatable bonds is 4. The highest BCUT2D eigenvalue weighted by Gasteiger charge is 2.32. The van der Waals surface area contributed by atoms with E-state index in [1.807, 2.05) is 0 Å². The second-order valence-corrected chi connectivity index (χ2v) is 5.16. The zero-order valence-corrected chi connectivity index (χ0v) is 10.3. The van der Waals surface area contributed by atoms with Crippen molar-refractivity contribution in [2.75, 3.05) is 0 Å². The third-order valence-corrected chi connectivity index (χ3v) is 4.18. The average Bonchev–Trinajstić information content (AvgIpc) is 3.11. The predicted octanol–water partition coefficient (Wildman–Crippen LogP) is 4.58. The van der Waals surface area contributed by atoms with E-state index in [9.17, 15) is 0 Å². The molecule has 82 valence electrons. The Morgan fingerprint density at radius 3 is 2.33 bits per heavy atom. The van der Waals surface area contributed by atoms with E-state index in [4.69, 9.17) is 11.6 Å². The number of halogens is 1. The molecule has 2 rings (SSSR count). The Kier molecular flexibility index (Phi) is 3.35. The molecular weight excluding hydrogens is 204 g/mol. The first-order chi connectivity index (χ1) is 7.22. The molecule has 0 amide bonds. The third-order valence-electron chi connectivity index (χ3n) is 3.53. The van der Waals surface area contributed by atoms with E-state index in [2.05, 4.69) is 38.1 Å². The summed E-state index contributed by atoms with van der Waals surface area (Å²) in [4.78, 5) is 0. The average molecular weight is 223 g/mol. The maximum atomic E-state index is 6.49. The summed E-state index contributed by atoms with van der Waals surface area (Å²) in [6.07, 6.45) is 3.85. The van der Waals surface area contributed by atoms with Crippen molar-refractivity contribution in [1.82, 2.24) is 0 Å². The molecule has 0 aliphatic heterocycles. The lowest BCUT2D eigenvalue weighted by molar-refractivity contribution is 0.491. The molecule has 2 atom stereocenters. The highest BCUT2D eigenvalue weighted by molar-refractivity contribution is 6.21. The van der Waals surface area contributed by atoms with Gasteiger partial charge in [-0.25, -0.2) is 0 Å². The number of aryl methyl sites for hydroxylation is 1. The Morgan fingerprint density at radius 2 is 1.87 bits per heavy atom. The number of benzene rings is 1. The minimum atomic E-state index is 0.198. The summed E-state index contributed by atoms with van der Waals surface area (Å²) < 4.78 is 0. The number of hydrogen-bond donors (Lipinski definition) is 0. The van der Waals surface area contributed by atoms with Gasteiger partial charge in [-0.3, -0.25) is 0 Å². The molecule has 0 saturated heterocycles. The molecule has 2 unspecified atom stereocenters. The fourth-order valence-electron chi connectivity index (χ4n) is 2.10. The molecule has 1 aliphatic carbocycles. The summed E-state index contributed by atoms with van der Waals surface area (Å²) in [5.41, 5.74) is 2.68. The third kappa shape index (κ3) is 2.55. The molecule has 0 heterocycles. The zero-order chi connectivity index (χ0) is 10.8. The predicted molar refractivity (Wildman–Crippen MR) is 66.3 cm³/mol. The maximum absolute atomic E-state index is 6.49. The van der Waals surface area contributed by atoms with E-state index in [-0.39, 0.29) is 5.38 Å². The molecule has 0 nitrogen and oxygen atoms in total. The van der Waals surface area contributed by atoms with Crippen LogP contribution in [-0.4, -0.2) is 0 Å². The van der Waals surface area contributed by atoms with E-state index in [1.165, 1.54) is 24.0 Å².